The lowest BCUT2D eigenvalue weighted by Crippen LogP contribution is -2.12. The molecule has 236 valence electrons. The lowest BCUT2D eigenvalue weighted by molar-refractivity contribution is 0.417. The van der Waals surface area contributed by atoms with E-state index in [1.54, 1.807) is 77.9 Å². The Labute approximate surface area is 266 Å². The highest BCUT2D eigenvalue weighted by molar-refractivity contribution is 7.92. The van der Waals surface area contributed by atoms with E-state index in [0.717, 1.165) is 17.4 Å². The molecule has 3 aromatic carbocycles. The summed E-state index contributed by atoms with van der Waals surface area (Å²) >= 11 is 0. The molecule has 0 aliphatic heterocycles. The van der Waals surface area contributed by atoms with Crippen LogP contribution in [0.25, 0.3) is 33.3 Å². The van der Waals surface area contributed by atoms with Crippen molar-refractivity contribution < 1.29 is 26.0 Å². The molecule has 0 saturated carbocycles. The fraction of sp³-hybridized carbons (Fsp3) is 0.152. The van der Waals surface area contributed by atoms with Crippen LogP contribution in [0.15, 0.2) is 102 Å². The van der Waals surface area contributed by atoms with Crippen molar-refractivity contribution in [2.24, 2.45) is 0 Å². The second kappa shape index (κ2) is 12.1. The molecule has 0 saturated heterocycles. The second-order valence-corrected chi connectivity index (χ2v) is 14.5. The van der Waals surface area contributed by atoms with E-state index < -0.39 is 20.0 Å². The number of fused-ring (bicyclic) bond motifs is 1. The molecule has 0 spiro atoms. The predicted molar refractivity (Wildman–Crippen MR) is 175 cm³/mol. The van der Waals surface area contributed by atoms with E-state index >= 15 is 0 Å². The van der Waals surface area contributed by atoms with Crippen molar-refractivity contribution in [3.63, 3.8) is 0 Å². The lowest BCUT2D eigenvalue weighted by atomic mass is 10.0. The van der Waals surface area contributed by atoms with Crippen LogP contribution >= 0.6 is 0 Å². The second-order valence-electron chi connectivity index (χ2n) is 10.9. The van der Waals surface area contributed by atoms with Crippen molar-refractivity contribution in [1.29, 1.82) is 0 Å². The zero-order valence-corrected chi connectivity index (χ0v) is 26.8. The Bertz CT molecular complexity index is 2280. The number of pyridine rings is 1. The van der Waals surface area contributed by atoms with Crippen LogP contribution in [0.1, 0.15) is 11.1 Å². The van der Waals surface area contributed by atoms with Gasteiger partial charge < -0.3 is 4.74 Å². The minimum absolute atomic E-state index is 0.120. The summed E-state index contributed by atoms with van der Waals surface area (Å²) in [4.78, 5) is 4.73. The fourth-order valence-corrected chi connectivity index (χ4v) is 7.04. The molecule has 0 bridgehead atoms. The molecular weight excluding hydrogens is 630 g/mol. The van der Waals surface area contributed by atoms with Gasteiger partial charge in [0.25, 0.3) is 10.0 Å². The average Bonchev–Trinajstić information content (AvgIpc) is 3.65. The quantitative estimate of drug-likeness (QED) is 0.195. The third-order valence-electron chi connectivity index (χ3n) is 7.50. The molecule has 6 rings (SSSR count). The molecule has 0 aliphatic rings. The van der Waals surface area contributed by atoms with Crippen molar-refractivity contribution in [2.75, 3.05) is 18.1 Å². The molecule has 0 amide bonds. The first-order valence-electron chi connectivity index (χ1n) is 14.2. The van der Waals surface area contributed by atoms with Gasteiger partial charge in [0.05, 0.1) is 30.1 Å². The van der Waals surface area contributed by atoms with Crippen LogP contribution in [0.3, 0.4) is 0 Å². The number of sulfonamides is 1. The number of nitrogens with zero attached hydrogens (tertiary/aromatic N) is 4. The van der Waals surface area contributed by atoms with E-state index in [4.69, 9.17) is 4.74 Å². The summed E-state index contributed by atoms with van der Waals surface area (Å²) in [5, 5.41) is 5.06. The number of hydrogen-bond acceptors (Lipinski definition) is 7. The smallest absolute Gasteiger partial charge is 0.269 e. The topological polar surface area (TPSA) is 125 Å². The van der Waals surface area contributed by atoms with Crippen LogP contribution in [0.5, 0.6) is 5.75 Å². The van der Waals surface area contributed by atoms with E-state index in [1.165, 1.54) is 23.2 Å². The summed E-state index contributed by atoms with van der Waals surface area (Å²) in [6.07, 6.45) is 8.26. The Morgan fingerprint density at radius 1 is 0.870 bits per heavy atom. The molecule has 46 heavy (non-hydrogen) atoms. The molecule has 0 unspecified atom stereocenters. The number of rotatable bonds is 10. The van der Waals surface area contributed by atoms with Gasteiger partial charge in [-0.05, 0) is 66.9 Å². The maximum absolute atomic E-state index is 13.9. The summed E-state index contributed by atoms with van der Waals surface area (Å²) < 4.78 is 75.9. The molecule has 10 nitrogen and oxygen atoms in total. The van der Waals surface area contributed by atoms with Crippen LogP contribution < -0.4 is 9.46 Å². The number of nitrogens with one attached hydrogen (secondary N) is 1. The van der Waals surface area contributed by atoms with Gasteiger partial charge in [-0.25, -0.2) is 30.2 Å². The maximum Gasteiger partial charge on any atom is 0.269 e. The highest BCUT2D eigenvalue weighted by Gasteiger charge is 2.24. The van der Waals surface area contributed by atoms with Gasteiger partial charge in [0, 0.05) is 47.2 Å². The van der Waals surface area contributed by atoms with Gasteiger partial charge in [-0.3, -0.25) is 9.40 Å². The number of anilines is 1. The fourth-order valence-electron chi connectivity index (χ4n) is 5.16. The number of ether oxygens (including phenoxy) is 1. The Morgan fingerprint density at radius 3 is 2.30 bits per heavy atom. The third kappa shape index (κ3) is 6.37. The van der Waals surface area contributed by atoms with Gasteiger partial charge in [-0.15, -0.1) is 0 Å². The molecule has 0 atom stereocenters. The van der Waals surface area contributed by atoms with Crippen molar-refractivity contribution >= 4 is 36.8 Å². The van der Waals surface area contributed by atoms with Gasteiger partial charge in [-0.2, -0.15) is 5.10 Å². The summed E-state index contributed by atoms with van der Waals surface area (Å²) in [7, 11) is -6.17. The Morgan fingerprint density at radius 2 is 1.61 bits per heavy atom. The van der Waals surface area contributed by atoms with Gasteiger partial charge >= 0.3 is 0 Å². The summed E-state index contributed by atoms with van der Waals surface area (Å²) in [5.74, 6) is 0.0416. The number of halogens is 1. The van der Waals surface area contributed by atoms with Crippen LogP contribution in [-0.2, 0) is 33.0 Å². The van der Waals surface area contributed by atoms with Gasteiger partial charge in [-0.1, -0.05) is 35.9 Å². The molecule has 0 aliphatic carbocycles. The zero-order valence-electron chi connectivity index (χ0n) is 25.2. The van der Waals surface area contributed by atoms with Crippen LogP contribution in [0, 0.1) is 12.7 Å². The van der Waals surface area contributed by atoms with Crippen LogP contribution in [0.2, 0.25) is 0 Å². The standard InChI is InChI=1S/C33H30FN5O5S2/c1-22-4-11-28(12-5-22)46(42,43)39-21-30(26-19-36-38(20-26)15-14-23-6-9-27(34)10-7-23)29-16-25(18-35-33(29)39)24-8-13-32(44-2)31(17-24)37-45(3,40)41/h4-13,16-21,37H,14-15H2,1-3H3. The zero-order chi connectivity index (χ0) is 32.6. The van der Waals surface area contributed by atoms with E-state index in [9.17, 15) is 21.2 Å². The first kappa shape index (κ1) is 31.0. The first-order valence-corrected chi connectivity index (χ1v) is 17.5. The monoisotopic (exact) mass is 659 g/mol. The largest absolute Gasteiger partial charge is 0.495 e. The van der Waals surface area contributed by atoms with Crippen molar-refractivity contribution in [1.82, 2.24) is 18.7 Å². The molecule has 0 radical (unpaired) electrons. The number of methoxy groups -OCH3 is 1. The first-order chi connectivity index (χ1) is 21.9. The third-order valence-corrected chi connectivity index (χ3v) is 9.76. The molecule has 3 heterocycles. The highest BCUT2D eigenvalue weighted by Crippen LogP contribution is 2.36. The Balaban J connectivity index is 1.46. The predicted octanol–water partition coefficient (Wildman–Crippen LogP) is 5.87. The van der Waals surface area contributed by atoms with E-state index in [2.05, 4.69) is 14.8 Å². The van der Waals surface area contributed by atoms with E-state index in [0.29, 0.717) is 46.4 Å². The van der Waals surface area contributed by atoms with Crippen LogP contribution in [-0.4, -0.2) is 48.9 Å². The lowest BCUT2D eigenvalue weighted by Gasteiger charge is -2.12. The van der Waals surface area contributed by atoms with Crippen LogP contribution in [0.4, 0.5) is 10.1 Å². The minimum atomic E-state index is -4.02. The molecule has 6 aromatic rings. The molecule has 1 N–H and O–H groups in total. The highest BCUT2D eigenvalue weighted by atomic mass is 32.2. The van der Waals surface area contributed by atoms with Crippen molar-refractivity contribution in [2.45, 2.75) is 24.8 Å². The molecule has 3 aromatic heterocycles. The maximum atomic E-state index is 13.9. The van der Waals surface area contributed by atoms with Crippen molar-refractivity contribution in [3.05, 3.63) is 115 Å². The molecule has 13 heteroatoms. The average molecular weight is 660 g/mol. The number of aryl methyl sites for hydroxylation is 3. The Hall–Kier alpha value is -5.01. The number of benzene rings is 3. The normalized spacial score (nSPS) is 12.0. The Kier molecular flexibility index (Phi) is 8.13. The summed E-state index contributed by atoms with van der Waals surface area (Å²) in [6.45, 7) is 2.41. The molecular formula is C33H30FN5O5S2. The van der Waals surface area contributed by atoms with Gasteiger partial charge in [0.15, 0.2) is 5.65 Å². The summed E-state index contributed by atoms with van der Waals surface area (Å²) in [6, 6.07) is 19.8. The van der Waals surface area contributed by atoms with E-state index in [1.807, 2.05) is 19.2 Å². The van der Waals surface area contributed by atoms with Gasteiger partial charge in [0.2, 0.25) is 10.0 Å². The number of aromatic nitrogens is 4. The van der Waals surface area contributed by atoms with Gasteiger partial charge in [0.1, 0.15) is 11.6 Å². The van der Waals surface area contributed by atoms with Crippen molar-refractivity contribution in [3.8, 4) is 28.0 Å². The van der Waals surface area contributed by atoms with E-state index in [-0.39, 0.29) is 22.0 Å². The summed E-state index contributed by atoms with van der Waals surface area (Å²) in [5.41, 5.74) is 4.89. The number of hydrogen-bond donors (Lipinski definition) is 1. The minimum Gasteiger partial charge on any atom is -0.495 e. The molecule has 0 fully saturated rings. The SMILES string of the molecule is COc1ccc(-c2cnc3c(c2)c(-c2cnn(CCc4ccc(F)cc4)c2)cn3S(=O)(=O)c2ccc(C)cc2)cc1NS(C)(=O)=O.